The van der Waals surface area contributed by atoms with Gasteiger partial charge in [0.2, 0.25) is 0 Å². The molecule has 1 aromatic carbocycles. The molecule has 90 valence electrons. The quantitative estimate of drug-likeness (QED) is 0.813. The molecule has 1 aromatic rings. The third-order valence-corrected chi connectivity index (χ3v) is 2.18. The standard InChI is InChI=1S/C10H8F2N2O3/c11-6-2-1-5(3-7(6)12)13-9(15)8-4-17-10(16)14-8/h1-3,8H,4H2,(H,13,15)(H,14,16). The maximum atomic E-state index is 12.8. The van der Waals surface area contributed by atoms with Crippen molar-refractivity contribution in [3.63, 3.8) is 0 Å². The van der Waals surface area contributed by atoms with Crippen LogP contribution >= 0.6 is 0 Å². The first-order chi connectivity index (χ1) is 8.06. The van der Waals surface area contributed by atoms with Gasteiger partial charge in [-0.05, 0) is 12.1 Å². The number of cyclic esters (lactones) is 1. The largest absolute Gasteiger partial charge is 0.447 e. The molecule has 1 heterocycles. The number of hydrogen-bond acceptors (Lipinski definition) is 3. The number of rotatable bonds is 2. The second-order valence-electron chi connectivity index (χ2n) is 3.41. The molecule has 5 nitrogen and oxygen atoms in total. The summed E-state index contributed by atoms with van der Waals surface area (Å²) >= 11 is 0. The highest BCUT2D eigenvalue weighted by molar-refractivity contribution is 5.97. The summed E-state index contributed by atoms with van der Waals surface area (Å²) < 4.78 is 30.0. The summed E-state index contributed by atoms with van der Waals surface area (Å²) in [6.07, 6.45) is -0.685. The SMILES string of the molecule is O=C1NC(C(=O)Nc2ccc(F)c(F)c2)CO1. The Morgan fingerprint density at radius 3 is 2.76 bits per heavy atom. The summed E-state index contributed by atoms with van der Waals surface area (Å²) in [4.78, 5) is 22.2. The number of hydrogen-bond donors (Lipinski definition) is 2. The van der Waals surface area contributed by atoms with Crippen molar-refractivity contribution in [2.24, 2.45) is 0 Å². The number of carbonyl (C=O) groups is 2. The van der Waals surface area contributed by atoms with Crippen LogP contribution in [0.4, 0.5) is 19.3 Å². The lowest BCUT2D eigenvalue weighted by atomic mass is 10.2. The van der Waals surface area contributed by atoms with Crippen molar-refractivity contribution in [2.75, 3.05) is 11.9 Å². The minimum atomic E-state index is -1.06. The Kier molecular flexibility index (Phi) is 2.90. The lowest BCUT2D eigenvalue weighted by molar-refractivity contribution is -0.117. The molecule has 0 radical (unpaired) electrons. The molecule has 17 heavy (non-hydrogen) atoms. The predicted octanol–water partition coefficient (Wildman–Crippen LogP) is 1.01. The minimum absolute atomic E-state index is 0.0889. The van der Waals surface area contributed by atoms with E-state index in [1.807, 2.05) is 0 Å². The zero-order valence-corrected chi connectivity index (χ0v) is 8.50. The summed E-state index contributed by atoms with van der Waals surface area (Å²) in [5.41, 5.74) is 0.107. The monoisotopic (exact) mass is 242 g/mol. The van der Waals surface area contributed by atoms with Gasteiger partial charge in [0.15, 0.2) is 11.6 Å². The molecule has 1 atom stereocenters. The molecule has 1 aliphatic rings. The zero-order valence-electron chi connectivity index (χ0n) is 8.50. The van der Waals surface area contributed by atoms with E-state index >= 15 is 0 Å². The van der Waals surface area contributed by atoms with E-state index in [-0.39, 0.29) is 12.3 Å². The van der Waals surface area contributed by atoms with Crippen molar-refractivity contribution in [3.05, 3.63) is 29.8 Å². The van der Waals surface area contributed by atoms with Crippen LogP contribution in [0.1, 0.15) is 0 Å². The molecule has 0 bridgehead atoms. The highest BCUT2D eigenvalue weighted by Gasteiger charge is 2.28. The number of alkyl carbamates (subject to hydrolysis) is 1. The van der Waals surface area contributed by atoms with Crippen LogP contribution in [-0.2, 0) is 9.53 Å². The van der Waals surface area contributed by atoms with Crippen molar-refractivity contribution in [1.82, 2.24) is 5.32 Å². The lowest BCUT2D eigenvalue weighted by Crippen LogP contribution is -2.38. The van der Waals surface area contributed by atoms with E-state index in [2.05, 4.69) is 15.4 Å². The van der Waals surface area contributed by atoms with Gasteiger partial charge < -0.3 is 15.4 Å². The van der Waals surface area contributed by atoms with E-state index in [1.54, 1.807) is 0 Å². The summed E-state index contributed by atoms with van der Waals surface area (Å²) in [6.45, 7) is -0.0889. The highest BCUT2D eigenvalue weighted by atomic mass is 19.2. The van der Waals surface area contributed by atoms with Crippen molar-refractivity contribution >= 4 is 17.7 Å². The van der Waals surface area contributed by atoms with Crippen molar-refractivity contribution in [2.45, 2.75) is 6.04 Å². The molecule has 1 unspecified atom stereocenters. The van der Waals surface area contributed by atoms with Gasteiger partial charge in [-0.2, -0.15) is 0 Å². The van der Waals surface area contributed by atoms with E-state index in [1.165, 1.54) is 6.07 Å². The van der Waals surface area contributed by atoms with Crippen LogP contribution in [-0.4, -0.2) is 24.6 Å². The summed E-state index contributed by atoms with van der Waals surface area (Å²) in [5, 5.41) is 4.59. The van der Waals surface area contributed by atoms with Crippen LogP contribution in [0.25, 0.3) is 0 Å². The van der Waals surface area contributed by atoms with Gasteiger partial charge in [0.1, 0.15) is 12.6 Å². The number of benzene rings is 1. The molecule has 2 amide bonds. The van der Waals surface area contributed by atoms with E-state index in [0.717, 1.165) is 12.1 Å². The number of nitrogens with one attached hydrogen (secondary N) is 2. The topological polar surface area (TPSA) is 67.4 Å². The number of ether oxygens (including phenoxy) is 1. The number of anilines is 1. The Bertz CT molecular complexity index is 479. The summed E-state index contributed by atoms with van der Waals surface area (Å²) in [6, 6.07) is 2.14. The lowest BCUT2D eigenvalue weighted by Gasteiger charge is -2.08. The smallest absolute Gasteiger partial charge is 0.407 e. The fraction of sp³-hybridized carbons (Fsp3) is 0.200. The number of halogens is 2. The Labute approximate surface area is 94.8 Å². The summed E-state index contributed by atoms with van der Waals surface area (Å²) in [7, 11) is 0. The normalized spacial score (nSPS) is 18.5. The van der Waals surface area contributed by atoms with Crippen LogP contribution in [0.5, 0.6) is 0 Å². The van der Waals surface area contributed by atoms with Gasteiger partial charge in [-0.25, -0.2) is 13.6 Å². The van der Waals surface area contributed by atoms with Crippen LogP contribution < -0.4 is 10.6 Å². The molecular weight excluding hydrogens is 234 g/mol. The highest BCUT2D eigenvalue weighted by Crippen LogP contribution is 2.13. The van der Waals surface area contributed by atoms with Gasteiger partial charge in [-0.3, -0.25) is 4.79 Å². The average molecular weight is 242 g/mol. The Balaban J connectivity index is 2.03. The van der Waals surface area contributed by atoms with Gasteiger partial charge in [0.05, 0.1) is 0 Å². The van der Waals surface area contributed by atoms with Gasteiger partial charge in [-0.15, -0.1) is 0 Å². The van der Waals surface area contributed by atoms with E-state index in [4.69, 9.17) is 0 Å². The molecular formula is C10H8F2N2O3. The van der Waals surface area contributed by atoms with Gasteiger partial charge >= 0.3 is 6.09 Å². The Morgan fingerprint density at radius 1 is 1.41 bits per heavy atom. The van der Waals surface area contributed by atoms with Gasteiger partial charge in [0, 0.05) is 11.8 Å². The third-order valence-electron chi connectivity index (χ3n) is 2.18. The van der Waals surface area contributed by atoms with E-state index in [0.29, 0.717) is 0 Å². The van der Waals surface area contributed by atoms with Crippen LogP contribution in [0.3, 0.4) is 0 Å². The van der Waals surface area contributed by atoms with Crippen LogP contribution in [0.15, 0.2) is 18.2 Å². The van der Waals surface area contributed by atoms with Crippen molar-refractivity contribution in [1.29, 1.82) is 0 Å². The fourth-order valence-electron chi connectivity index (χ4n) is 1.33. The first-order valence-electron chi connectivity index (χ1n) is 4.75. The molecule has 2 rings (SSSR count). The molecule has 1 fully saturated rings. The van der Waals surface area contributed by atoms with E-state index < -0.39 is 29.7 Å². The summed E-state index contributed by atoms with van der Waals surface area (Å²) in [5.74, 6) is -2.61. The number of carbonyl (C=O) groups excluding carboxylic acids is 2. The molecule has 0 saturated carbocycles. The molecule has 0 aliphatic carbocycles. The molecule has 2 N–H and O–H groups in total. The molecule has 0 spiro atoms. The average Bonchev–Trinajstić information content (AvgIpc) is 2.70. The minimum Gasteiger partial charge on any atom is -0.447 e. The van der Waals surface area contributed by atoms with E-state index in [9.17, 15) is 18.4 Å². The molecule has 1 saturated heterocycles. The van der Waals surface area contributed by atoms with Crippen molar-refractivity contribution in [3.8, 4) is 0 Å². The van der Waals surface area contributed by atoms with Crippen LogP contribution in [0, 0.1) is 11.6 Å². The maximum absolute atomic E-state index is 12.8. The Hall–Kier alpha value is -2.18. The number of amides is 2. The van der Waals surface area contributed by atoms with Gasteiger partial charge in [0.25, 0.3) is 5.91 Å². The second-order valence-corrected chi connectivity index (χ2v) is 3.41. The molecule has 7 heteroatoms. The third kappa shape index (κ3) is 2.49. The maximum Gasteiger partial charge on any atom is 0.407 e. The first kappa shape index (κ1) is 11.3. The van der Waals surface area contributed by atoms with Gasteiger partial charge in [-0.1, -0.05) is 0 Å². The predicted molar refractivity (Wildman–Crippen MR) is 53.3 cm³/mol. The first-order valence-corrected chi connectivity index (χ1v) is 4.75. The fourth-order valence-corrected chi connectivity index (χ4v) is 1.33. The zero-order chi connectivity index (χ0) is 12.4. The van der Waals surface area contributed by atoms with Crippen molar-refractivity contribution < 1.29 is 23.1 Å². The molecule has 0 aromatic heterocycles. The molecule has 1 aliphatic heterocycles. The second kappa shape index (κ2) is 4.36. The Morgan fingerprint density at radius 2 is 2.18 bits per heavy atom. The van der Waals surface area contributed by atoms with Crippen LogP contribution in [0.2, 0.25) is 0 Å².